The fraction of sp³-hybridized carbons (Fsp3) is 0.474. The molecule has 0 aliphatic carbocycles. The van der Waals surface area contributed by atoms with Gasteiger partial charge in [-0.3, -0.25) is 0 Å². The Kier molecular flexibility index (Phi) is 8.87. The average Bonchev–Trinajstić information content (AvgIpc) is 2.71. The topological polar surface area (TPSA) is 133 Å². The summed E-state index contributed by atoms with van der Waals surface area (Å²) in [6.07, 6.45) is 1.09. The van der Waals surface area contributed by atoms with E-state index in [1.165, 1.54) is 0 Å². The van der Waals surface area contributed by atoms with Crippen LogP contribution in [-0.4, -0.2) is 64.2 Å². The molecule has 0 radical (unpaired) electrons. The average molecular weight is 408 g/mol. The Morgan fingerprint density at radius 2 is 1.34 bits per heavy atom. The van der Waals surface area contributed by atoms with Crippen LogP contribution < -0.4 is 20.9 Å². The summed E-state index contributed by atoms with van der Waals surface area (Å²) in [5, 5.41) is 0. The van der Waals surface area contributed by atoms with Gasteiger partial charge in [-0.2, -0.15) is 4.98 Å². The van der Waals surface area contributed by atoms with E-state index in [0.29, 0.717) is 23.7 Å². The van der Waals surface area contributed by atoms with Gasteiger partial charge in [0.05, 0.1) is 0 Å². The molecule has 1 heterocycles. The minimum absolute atomic E-state index is 0.128. The summed E-state index contributed by atoms with van der Waals surface area (Å²) in [6.45, 7) is 0.420. The predicted molar refractivity (Wildman–Crippen MR) is 107 cm³/mol. The highest BCUT2D eigenvalue weighted by Crippen LogP contribution is 2.26. The van der Waals surface area contributed by atoms with Gasteiger partial charge in [0.25, 0.3) is 0 Å². The molecule has 0 spiro atoms. The third kappa shape index (κ3) is 7.02. The van der Waals surface area contributed by atoms with Crippen LogP contribution in [0.15, 0.2) is 24.4 Å². The van der Waals surface area contributed by atoms with Crippen LogP contribution in [0.25, 0.3) is 0 Å². The molecule has 29 heavy (non-hydrogen) atoms. The summed E-state index contributed by atoms with van der Waals surface area (Å²) in [7, 11) is 6.17. The maximum atomic E-state index is 5.95. The number of nitrogen functional groups attached to an aromatic ring is 2. The fourth-order valence-corrected chi connectivity index (χ4v) is 2.48. The van der Waals surface area contributed by atoms with Crippen molar-refractivity contribution in [3.63, 3.8) is 0 Å². The fourth-order valence-electron chi connectivity index (χ4n) is 2.48. The lowest BCUT2D eigenvalue weighted by Crippen LogP contribution is -2.22. The van der Waals surface area contributed by atoms with Crippen molar-refractivity contribution < 1.29 is 28.4 Å². The molecule has 160 valence electrons. The first-order valence-corrected chi connectivity index (χ1v) is 8.86. The van der Waals surface area contributed by atoms with E-state index < -0.39 is 12.6 Å². The number of nitrogens with zero attached hydrogens (tertiary/aromatic N) is 2. The van der Waals surface area contributed by atoms with Crippen LogP contribution in [0.3, 0.4) is 0 Å². The number of benzene rings is 1. The van der Waals surface area contributed by atoms with Crippen LogP contribution in [0.5, 0.6) is 11.5 Å². The molecule has 0 bridgehead atoms. The third-order valence-corrected chi connectivity index (χ3v) is 4.07. The van der Waals surface area contributed by atoms with E-state index in [-0.39, 0.29) is 19.2 Å². The lowest BCUT2D eigenvalue weighted by Gasteiger charge is -2.18. The molecule has 0 saturated carbocycles. The summed E-state index contributed by atoms with van der Waals surface area (Å²) < 4.78 is 32.2. The van der Waals surface area contributed by atoms with Crippen molar-refractivity contribution in [3.05, 3.63) is 35.5 Å². The first kappa shape index (κ1) is 22.6. The molecule has 0 amide bonds. The van der Waals surface area contributed by atoms with E-state index in [0.717, 1.165) is 11.1 Å². The van der Waals surface area contributed by atoms with E-state index in [1.807, 2.05) is 12.1 Å². The van der Waals surface area contributed by atoms with E-state index >= 15 is 0 Å². The Morgan fingerprint density at radius 3 is 1.79 bits per heavy atom. The van der Waals surface area contributed by atoms with E-state index in [2.05, 4.69) is 9.97 Å². The van der Waals surface area contributed by atoms with Crippen molar-refractivity contribution in [1.82, 2.24) is 9.97 Å². The second kappa shape index (κ2) is 11.4. The number of methoxy groups -OCH3 is 4. The molecule has 0 aliphatic heterocycles. The minimum atomic E-state index is -0.490. The number of hydrogen-bond donors (Lipinski definition) is 2. The van der Waals surface area contributed by atoms with E-state index in [4.69, 9.17) is 39.9 Å². The van der Waals surface area contributed by atoms with Crippen LogP contribution in [0.2, 0.25) is 0 Å². The van der Waals surface area contributed by atoms with E-state index in [1.54, 1.807) is 40.7 Å². The zero-order valence-electron chi connectivity index (χ0n) is 17.1. The van der Waals surface area contributed by atoms with Crippen LogP contribution in [0.4, 0.5) is 11.8 Å². The van der Waals surface area contributed by atoms with Crippen molar-refractivity contribution in [3.8, 4) is 11.5 Å². The van der Waals surface area contributed by atoms with Crippen molar-refractivity contribution in [2.24, 2.45) is 0 Å². The summed E-state index contributed by atoms with van der Waals surface area (Å²) >= 11 is 0. The Balaban J connectivity index is 2.22. The number of nitrogens with two attached hydrogens (primary N) is 2. The smallest absolute Gasteiger partial charge is 0.221 e. The standard InChI is InChI=1S/C19H28N4O6/c1-24-16(25-2)10-28-14-6-12(5-13-9-22-19(21)23-18(13)20)7-15(8-14)29-11-17(26-3)27-4/h6-9,16-17H,5,10-11H2,1-4H3,(H4,20,21,22,23). The van der Waals surface area contributed by atoms with Crippen molar-refractivity contribution in [1.29, 1.82) is 0 Å². The van der Waals surface area contributed by atoms with Gasteiger partial charge in [-0.1, -0.05) is 0 Å². The SMILES string of the molecule is COC(COc1cc(Cc2cnc(N)nc2N)cc(OCC(OC)OC)c1)OC. The minimum Gasteiger partial charge on any atom is -0.488 e. The molecule has 10 heteroatoms. The first-order valence-electron chi connectivity index (χ1n) is 8.86. The first-order chi connectivity index (χ1) is 14.0. The van der Waals surface area contributed by atoms with Gasteiger partial charge in [0.15, 0.2) is 12.6 Å². The monoisotopic (exact) mass is 408 g/mol. The third-order valence-electron chi connectivity index (χ3n) is 4.07. The molecule has 0 fully saturated rings. The lowest BCUT2D eigenvalue weighted by atomic mass is 10.1. The number of hydrogen-bond acceptors (Lipinski definition) is 10. The number of aromatic nitrogens is 2. The van der Waals surface area contributed by atoms with Crippen molar-refractivity contribution in [2.75, 3.05) is 53.1 Å². The van der Waals surface area contributed by atoms with Gasteiger partial charge >= 0.3 is 0 Å². The number of rotatable bonds is 12. The predicted octanol–water partition coefficient (Wildman–Crippen LogP) is 1.23. The van der Waals surface area contributed by atoms with Gasteiger partial charge in [0, 0.05) is 52.7 Å². The highest BCUT2D eigenvalue weighted by Gasteiger charge is 2.12. The molecule has 4 N–H and O–H groups in total. The summed E-state index contributed by atoms with van der Waals surface area (Å²) in [5.74, 6) is 1.61. The zero-order chi connectivity index (χ0) is 21.2. The zero-order valence-corrected chi connectivity index (χ0v) is 17.1. The second-order valence-electron chi connectivity index (χ2n) is 6.05. The molecule has 2 rings (SSSR count). The maximum Gasteiger partial charge on any atom is 0.221 e. The van der Waals surface area contributed by atoms with Gasteiger partial charge in [0.2, 0.25) is 5.95 Å². The molecular formula is C19H28N4O6. The highest BCUT2D eigenvalue weighted by molar-refractivity contribution is 5.46. The summed E-state index contributed by atoms with van der Waals surface area (Å²) in [4.78, 5) is 8.00. The van der Waals surface area contributed by atoms with Gasteiger partial charge in [-0.25, -0.2) is 4.98 Å². The second-order valence-corrected chi connectivity index (χ2v) is 6.05. The Morgan fingerprint density at radius 1 is 0.828 bits per heavy atom. The van der Waals surface area contributed by atoms with Crippen molar-refractivity contribution >= 4 is 11.8 Å². The largest absolute Gasteiger partial charge is 0.488 e. The van der Waals surface area contributed by atoms with Crippen LogP contribution in [0, 0.1) is 0 Å². The molecule has 0 atom stereocenters. The normalized spacial score (nSPS) is 11.2. The quantitative estimate of drug-likeness (QED) is 0.494. The molecule has 0 unspecified atom stereocenters. The molecule has 2 aromatic rings. The van der Waals surface area contributed by atoms with Crippen LogP contribution in [-0.2, 0) is 25.4 Å². The van der Waals surface area contributed by atoms with Gasteiger partial charge in [-0.05, 0) is 17.7 Å². The van der Waals surface area contributed by atoms with Crippen molar-refractivity contribution in [2.45, 2.75) is 19.0 Å². The summed E-state index contributed by atoms with van der Waals surface area (Å²) in [5.41, 5.74) is 13.1. The molecule has 1 aromatic carbocycles. The van der Waals surface area contributed by atoms with Gasteiger partial charge < -0.3 is 39.9 Å². The van der Waals surface area contributed by atoms with Gasteiger partial charge in [0.1, 0.15) is 30.5 Å². The lowest BCUT2D eigenvalue weighted by molar-refractivity contribution is -0.122. The molecule has 1 aromatic heterocycles. The maximum absolute atomic E-state index is 5.95. The number of ether oxygens (including phenoxy) is 6. The van der Waals surface area contributed by atoms with Crippen LogP contribution in [0.1, 0.15) is 11.1 Å². The summed E-state index contributed by atoms with van der Waals surface area (Å²) in [6, 6.07) is 5.50. The Hall–Kier alpha value is -2.66. The molecule has 0 aliphatic rings. The molecule has 10 nitrogen and oxygen atoms in total. The molecular weight excluding hydrogens is 380 g/mol. The van der Waals surface area contributed by atoms with Crippen LogP contribution >= 0.6 is 0 Å². The highest BCUT2D eigenvalue weighted by atomic mass is 16.7. The van der Waals surface area contributed by atoms with Gasteiger partial charge in [-0.15, -0.1) is 0 Å². The Labute approximate surface area is 170 Å². The Bertz CT molecular complexity index is 734. The molecule has 0 saturated heterocycles. The number of anilines is 2. The van der Waals surface area contributed by atoms with E-state index in [9.17, 15) is 0 Å².